The van der Waals surface area contributed by atoms with Crippen molar-refractivity contribution in [3.63, 3.8) is 0 Å². The van der Waals surface area contributed by atoms with Crippen molar-refractivity contribution in [2.75, 3.05) is 0 Å². The maximum atomic E-state index is 9.85. The van der Waals surface area contributed by atoms with Gasteiger partial charge in [-0.3, -0.25) is 0 Å². The number of aromatic hydroxyl groups is 2. The summed E-state index contributed by atoms with van der Waals surface area (Å²) in [7, 11) is 0. The first-order valence-corrected chi connectivity index (χ1v) is 12.3. The van der Waals surface area contributed by atoms with Gasteiger partial charge in [-0.1, -0.05) is 59.0 Å². The molecule has 206 valence electrons. The number of aliphatic hydroxyl groups is 1. The molecule has 0 saturated heterocycles. The molecular weight excluding hydrogens is 540 g/mol. The Bertz CT molecular complexity index is 1880. The summed E-state index contributed by atoms with van der Waals surface area (Å²) in [6.45, 7) is 7.17. The van der Waals surface area contributed by atoms with Crippen LogP contribution in [0.15, 0.2) is 111 Å². The normalized spacial score (nSPS) is 11.5. The highest BCUT2D eigenvalue weighted by molar-refractivity contribution is 5.76. The molecule has 6 aromatic rings. The summed E-state index contributed by atoms with van der Waals surface area (Å²) >= 11 is 0. The molecule has 42 heavy (non-hydrogen) atoms. The molecule has 0 aliphatic rings. The van der Waals surface area contributed by atoms with Crippen LogP contribution in [0, 0.1) is 0 Å². The van der Waals surface area contributed by atoms with Crippen LogP contribution >= 0.6 is 0 Å². The van der Waals surface area contributed by atoms with E-state index in [0.29, 0.717) is 33.4 Å². The second-order valence-electron chi connectivity index (χ2n) is 8.96. The van der Waals surface area contributed by atoms with Gasteiger partial charge in [0.2, 0.25) is 17.5 Å². The zero-order valence-corrected chi connectivity index (χ0v) is 21.7. The van der Waals surface area contributed by atoms with Crippen LogP contribution < -0.4 is 0 Å². The third-order valence-corrected chi connectivity index (χ3v) is 5.96. The van der Waals surface area contributed by atoms with E-state index in [1.54, 1.807) is 42.5 Å². The minimum absolute atomic E-state index is 0.0620. The number of phenols is 2. The summed E-state index contributed by atoms with van der Waals surface area (Å²) in [6.07, 6.45) is 2.81. The van der Waals surface area contributed by atoms with Crippen LogP contribution in [-0.4, -0.2) is 45.7 Å². The number of rotatable bonds is 8. The molecule has 0 unspecified atom stereocenters. The standard InChI is InChI=1S/C30H20N6O6/c1-3-17(10-16(2)37)25-31-28(40-34-25)20-11-21(29-32-26(35-41-29)18-6-4-8-23(38)14-18)13-22(12-20)30-33-27(36-42-30)19-7-5-9-24(39)15-19/h3-15,37-39H,1-2H2/b17-10+. The molecule has 3 aromatic carbocycles. The van der Waals surface area contributed by atoms with Gasteiger partial charge in [-0.15, -0.1) is 0 Å². The summed E-state index contributed by atoms with van der Waals surface area (Å²) in [5.74, 6) is 1.08. The predicted molar refractivity (Wildman–Crippen MR) is 150 cm³/mol. The van der Waals surface area contributed by atoms with Crippen molar-refractivity contribution in [3.05, 3.63) is 104 Å². The minimum Gasteiger partial charge on any atom is -0.509 e. The summed E-state index contributed by atoms with van der Waals surface area (Å²) in [5, 5.41) is 41.4. The van der Waals surface area contributed by atoms with Crippen molar-refractivity contribution in [3.8, 4) is 68.6 Å². The third-order valence-electron chi connectivity index (χ3n) is 5.96. The smallest absolute Gasteiger partial charge is 0.258 e. The first-order chi connectivity index (χ1) is 20.4. The van der Waals surface area contributed by atoms with Crippen molar-refractivity contribution in [2.24, 2.45) is 0 Å². The number of benzene rings is 3. The van der Waals surface area contributed by atoms with Gasteiger partial charge in [-0.25, -0.2) is 0 Å². The molecule has 3 heterocycles. The van der Waals surface area contributed by atoms with E-state index in [1.807, 2.05) is 0 Å². The molecule has 0 saturated carbocycles. The van der Waals surface area contributed by atoms with E-state index in [1.165, 1.54) is 36.4 Å². The maximum Gasteiger partial charge on any atom is 0.258 e. The van der Waals surface area contributed by atoms with Crippen LogP contribution in [0.2, 0.25) is 0 Å². The van der Waals surface area contributed by atoms with Gasteiger partial charge in [-0.05, 0) is 48.5 Å². The Kier molecular flexibility index (Phi) is 6.61. The highest BCUT2D eigenvalue weighted by Gasteiger charge is 2.20. The molecule has 0 spiro atoms. The maximum absolute atomic E-state index is 9.85. The van der Waals surface area contributed by atoms with Gasteiger partial charge in [0.15, 0.2) is 0 Å². The van der Waals surface area contributed by atoms with E-state index in [-0.39, 0.29) is 52.4 Å². The van der Waals surface area contributed by atoms with Gasteiger partial charge >= 0.3 is 0 Å². The van der Waals surface area contributed by atoms with Crippen LogP contribution in [0.5, 0.6) is 11.5 Å². The van der Waals surface area contributed by atoms with Crippen LogP contribution in [0.1, 0.15) is 5.82 Å². The zero-order chi connectivity index (χ0) is 29.2. The fourth-order valence-corrected chi connectivity index (χ4v) is 4.06. The Balaban J connectivity index is 1.45. The number of aliphatic hydroxyl groups excluding tert-OH is 1. The molecular formula is C30H20N6O6. The molecule has 3 aromatic heterocycles. The lowest BCUT2D eigenvalue weighted by Gasteiger charge is -2.02. The summed E-state index contributed by atoms with van der Waals surface area (Å²) in [4.78, 5) is 13.4. The minimum atomic E-state index is -0.196. The SMILES string of the molecule is C=C/C(=C\C(=C)O)c1noc(-c2cc(-c3nc(-c4cccc(O)c4)no3)cc(-c3nc(-c4cccc(O)c4)no3)c2)n1. The van der Waals surface area contributed by atoms with Crippen LogP contribution in [0.3, 0.4) is 0 Å². The van der Waals surface area contributed by atoms with Crippen molar-refractivity contribution in [1.29, 1.82) is 0 Å². The monoisotopic (exact) mass is 560 g/mol. The van der Waals surface area contributed by atoms with Crippen molar-refractivity contribution in [1.82, 2.24) is 30.4 Å². The number of phenolic OH excluding ortho intramolecular Hbond substituents is 2. The molecule has 6 rings (SSSR count). The third kappa shape index (κ3) is 5.27. The quantitative estimate of drug-likeness (QED) is 0.141. The molecule has 0 amide bonds. The van der Waals surface area contributed by atoms with E-state index >= 15 is 0 Å². The number of hydrogen-bond acceptors (Lipinski definition) is 12. The van der Waals surface area contributed by atoms with Crippen molar-refractivity contribution in [2.45, 2.75) is 0 Å². The van der Waals surface area contributed by atoms with E-state index in [9.17, 15) is 15.3 Å². The van der Waals surface area contributed by atoms with Crippen molar-refractivity contribution < 1.29 is 28.9 Å². The molecule has 0 fully saturated rings. The van der Waals surface area contributed by atoms with E-state index in [4.69, 9.17) is 13.6 Å². The molecule has 12 nitrogen and oxygen atoms in total. The van der Waals surface area contributed by atoms with Crippen LogP contribution in [-0.2, 0) is 0 Å². The van der Waals surface area contributed by atoms with Gasteiger partial charge in [0.05, 0.1) is 0 Å². The first kappa shape index (κ1) is 26.0. The van der Waals surface area contributed by atoms with Gasteiger partial charge in [0, 0.05) is 33.4 Å². The van der Waals surface area contributed by atoms with Gasteiger partial charge in [0.1, 0.15) is 17.3 Å². The van der Waals surface area contributed by atoms with Gasteiger partial charge in [0.25, 0.3) is 17.7 Å². The lowest BCUT2D eigenvalue weighted by Crippen LogP contribution is -1.89. The fraction of sp³-hybridized carbons (Fsp3) is 0. The second-order valence-corrected chi connectivity index (χ2v) is 8.96. The lowest BCUT2D eigenvalue weighted by atomic mass is 10.0. The second kappa shape index (κ2) is 10.7. The Morgan fingerprint density at radius 1 is 0.643 bits per heavy atom. The predicted octanol–water partition coefficient (Wildman–Crippen LogP) is 6.22. The first-order valence-electron chi connectivity index (χ1n) is 12.3. The molecule has 0 radical (unpaired) electrons. The van der Waals surface area contributed by atoms with Gasteiger partial charge in [-0.2, -0.15) is 15.0 Å². The summed E-state index contributed by atoms with van der Waals surface area (Å²) in [6, 6.07) is 18.1. The Hall–Kier alpha value is -6.30. The topological polar surface area (TPSA) is 177 Å². The fourth-order valence-electron chi connectivity index (χ4n) is 4.06. The summed E-state index contributed by atoms with van der Waals surface area (Å²) in [5.41, 5.74) is 2.92. The molecule has 12 heteroatoms. The Morgan fingerprint density at radius 2 is 1.12 bits per heavy atom. The molecule has 0 aliphatic heterocycles. The van der Waals surface area contributed by atoms with E-state index < -0.39 is 0 Å². The number of nitrogens with zero attached hydrogens (tertiary/aromatic N) is 6. The largest absolute Gasteiger partial charge is 0.509 e. The van der Waals surface area contributed by atoms with Crippen molar-refractivity contribution >= 4 is 5.57 Å². The molecule has 0 bridgehead atoms. The van der Waals surface area contributed by atoms with Gasteiger partial charge < -0.3 is 28.9 Å². The average molecular weight is 561 g/mol. The highest BCUT2D eigenvalue weighted by Crippen LogP contribution is 2.34. The molecule has 0 aliphatic carbocycles. The molecule has 0 atom stereocenters. The number of aromatic nitrogens is 6. The van der Waals surface area contributed by atoms with E-state index in [0.717, 1.165) is 0 Å². The lowest BCUT2D eigenvalue weighted by molar-refractivity contribution is 0.427. The number of hydrogen-bond donors (Lipinski definition) is 3. The number of allylic oxidation sites excluding steroid dienone is 3. The molecule has 3 N–H and O–H groups in total. The van der Waals surface area contributed by atoms with E-state index in [2.05, 4.69) is 43.6 Å². The van der Waals surface area contributed by atoms with Crippen LogP contribution in [0.4, 0.5) is 0 Å². The Labute approximate surface area is 237 Å². The highest BCUT2D eigenvalue weighted by atomic mass is 16.5. The van der Waals surface area contributed by atoms with Crippen LogP contribution in [0.25, 0.3) is 62.7 Å². The Morgan fingerprint density at radius 3 is 1.57 bits per heavy atom. The average Bonchev–Trinajstić information content (AvgIpc) is 3.77. The zero-order valence-electron chi connectivity index (χ0n) is 21.7. The summed E-state index contributed by atoms with van der Waals surface area (Å²) < 4.78 is 16.6.